The minimum Gasteiger partial charge on any atom is -0.464 e. The number of esters is 1. The average molecular weight is 512 g/mol. The summed E-state index contributed by atoms with van der Waals surface area (Å²) in [4.78, 5) is 45.2. The number of nitrogens with zero attached hydrogens (tertiary/aromatic N) is 2. The molecule has 1 aliphatic carbocycles. The zero-order chi connectivity index (χ0) is 26.1. The van der Waals surface area contributed by atoms with Gasteiger partial charge in [-0.3, -0.25) is 9.59 Å². The van der Waals surface area contributed by atoms with Crippen LogP contribution in [0.25, 0.3) is 0 Å². The number of amides is 2. The zero-order valence-corrected chi connectivity index (χ0v) is 22.7. The first-order valence-electron chi connectivity index (χ1n) is 12.8. The van der Waals surface area contributed by atoms with Gasteiger partial charge in [0.25, 0.3) is 5.91 Å². The van der Waals surface area contributed by atoms with Gasteiger partial charge >= 0.3 is 5.97 Å². The van der Waals surface area contributed by atoms with Crippen molar-refractivity contribution >= 4 is 29.1 Å². The molecule has 0 bridgehead atoms. The van der Waals surface area contributed by atoms with Gasteiger partial charge in [0.2, 0.25) is 5.91 Å². The van der Waals surface area contributed by atoms with E-state index in [4.69, 9.17) is 4.74 Å². The van der Waals surface area contributed by atoms with Crippen molar-refractivity contribution in [3.05, 3.63) is 52.0 Å². The molecule has 0 radical (unpaired) electrons. The molecule has 2 heterocycles. The van der Waals surface area contributed by atoms with Crippen molar-refractivity contribution in [2.75, 3.05) is 19.7 Å². The molecule has 1 aliphatic heterocycles. The van der Waals surface area contributed by atoms with E-state index >= 15 is 0 Å². The van der Waals surface area contributed by atoms with Crippen LogP contribution >= 0.6 is 11.3 Å². The van der Waals surface area contributed by atoms with Crippen molar-refractivity contribution in [1.82, 2.24) is 15.2 Å². The van der Waals surface area contributed by atoms with Crippen LogP contribution in [0.15, 0.2) is 35.7 Å². The maximum Gasteiger partial charge on any atom is 0.328 e. The van der Waals surface area contributed by atoms with E-state index in [9.17, 15) is 14.4 Å². The average Bonchev–Trinajstić information content (AvgIpc) is 3.16. The van der Waals surface area contributed by atoms with Gasteiger partial charge in [-0.05, 0) is 36.2 Å². The molecule has 1 unspecified atom stereocenters. The van der Waals surface area contributed by atoms with Gasteiger partial charge in [0, 0.05) is 36.7 Å². The summed E-state index contributed by atoms with van der Waals surface area (Å²) in [6.45, 7) is 12.1. The fraction of sp³-hybridized carbons (Fsp3) is 0.571. The van der Waals surface area contributed by atoms with E-state index in [0.717, 1.165) is 36.5 Å². The van der Waals surface area contributed by atoms with E-state index < -0.39 is 12.0 Å². The number of rotatable bonds is 8. The summed E-state index contributed by atoms with van der Waals surface area (Å²) in [6.07, 6.45) is 2.03. The van der Waals surface area contributed by atoms with Gasteiger partial charge in [0.05, 0.1) is 11.6 Å². The van der Waals surface area contributed by atoms with Gasteiger partial charge in [0.1, 0.15) is 11.7 Å². The van der Waals surface area contributed by atoms with E-state index in [-0.39, 0.29) is 41.1 Å². The third kappa shape index (κ3) is 5.19. The van der Waals surface area contributed by atoms with Crippen LogP contribution in [0.3, 0.4) is 0 Å². The van der Waals surface area contributed by atoms with E-state index in [0.29, 0.717) is 12.1 Å². The smallest absolute Gasteiger partial charge is 0.328 e. The Bertz CT molecular complexity index is 1090. The fourth-order valence-electron chi connectivity index (χ4n) is 5.44. The summed E-state index contributed by atoms with van der Waals surface area (Å²) in [7, 11) is 0. The second kappa shape index (κ2) is 10.3. The number of benzene rings is 1. The fourth-order valence-corrected chi connectivity index (χ4v) is 6.41. The number of carbonyl (C=O) groups excluding carboxylic acids is 3. The Morgan fingerprint density at radius 3 is 2.33 bits per heavy atom. The van der Waals surface area contributed by atoms with Crippen LogP contribution in [0.5, 0.6) is 0 Å². The lowest BCUT2D eigenvalue weighted by molar-refractivity contribution is -0.145. The van der Waals surface area contributed by atoms with Crippen LogP contribution in [0.4, 0.5) is 0 Å². The number of thiazole rings is 1. The predicted octanol–water partition coefficient (Wildman–Crippen LogP) is 4.44. The molecule has 1 N–H and O–H groups in total. The molecule has 8 heteroatoms. The van der Waals surface area contributed by atoms with Crippen molar-refractivity contribution in [3.8, 4) is 0 Å². The Labute approximate surface area is 217 Å². The van der Waals surface area contributed by atoms with Crippen LogP contribution in [-0.2, 0) is 20.7 Å². The summed E-state index contributed by atoms with van der Waals surface area (Å²) in [5, 5.41) is 5.48. The summed E-state index contributed by atoms with van der Waals surface area (Å²) >= 11 is 1.47. The Hall–Kier alpha value is -2.74. The highest BCUT2D eigenvalue weighted by molar-refractivity contribution is 7.09. The van der Waals surface area contributed by atoms with Crippen molar-refractivity contribution in [3.63, 3.8) is 0 Å². The second-order valence-electron chi connectivity index (χ2n) is 11.0. The van der Waals surface area contributed by atoms with Crippen LogP contribution in [0, 0.1) is 16.7 Å². The molecular formula is C28H37N3O4S. The van der Waals surface area contributed by atoms with E-state index in [1.165, 1.54) is 11.3 Å². The molecular weight excluding hydrogens is 474 g/mol. The quantitative estimate of drug-likeness (QED) is 0.530. The molecule has 2 fully saturated rings. The first-order chi connectivity index (χ1) is 17.1. The first-order valence-corrected chi connectivity index (χ1v) is 13.7. The molecule has 4 rings (SSSR count). The third-order valence-electron chi connectivity index (χ3n) is 8.34. The number of nitrogens with one attached hydrogen (secondary N) is 1. The molecule has 2 amide bonds. The van der Waals surface area contributed by atoms with Crippen molar-refractivity contribution in [2.24, 2.45) is 16.7 Å². The van der Waals surface area contributed by atoms with Gasteiger partial charge in [-0.2, -0.15) is 0 Å². The number of aromatic nitrogens is 1. The highest BCUT2D eigenvalue weighted by Crippen LogP contribution is 2.68. The minimum atomic E-state index is -0.782. The van der Waals surface area contributed by atoms with Crippen LogP contribution in [0.1, 0.15) is 74.4 Å². The lowest BCUT2D eigenvalue weighted by atomic mass is 9.96. The number of hydrogen-bond donors (Lipinski definition) is 1. The molecule has 2 aromatic rings. The lowest BCUT2D eigenvalue weighted by Gasteiger charge is -2.31. The van der Waals surface area contributed by atoms with Crippen molar-refractivity contribution < 1.29 is 19.1 Å². The number of ether oxygens (including phenoxy) is 1. The first kappa shape index (κ1) is 26.3. The second-order valence-corrected chi connectivity index (χ2v) is 11.9. The van der Waals surface area contributed by atoms with E-state index in [2.05, 4.69) is 38.0 Å². The number of likely N-dealkylation sites (tertiary alicyclic amines) is 1. The van der Waals surface area contributed by atoms with Crippen LogP contribution in [0.2, 0.25) is 0 Å². The maximum atomic E-state index is 13.1. The van der Waals surface area contributed by atoms with Gasteiger partial charge in [-0.1, -0.05) is 58.0 Å². The Morgan fingerprint density at radius 2 is 1.75 bits per heavy atom. The molecule has 0 spiro atoms. The van der Waals surface area contributed by atoms with Gasteiger partial charge in [0.15, 0.2) is 0 Å². The minimum absolute atomic E-state index is 0.0421. The lowest BCUT2D eigenvalue weighted by Crippen LogP contribution is -2.43. The molecule has 1 atom stereocenters. The highest BCUT2D eigenvalue weighted by Gasteiger charge is 2.68. The zero-order valence-electron chi connectivity index (χ0n) is 21.9. The summed E-state index contributed by atoms with van der Waals surface area (Å²) in [5.41, 5.74) is 1.34. The molecule has 1 saturated carbocycles. The maximum absolute atomic E-state index is 13.1. The summed E-state index contributed by atoms with van der Waals surface area (Å²) < 4.78 is 5.19. The van der Waals surface area contributed by atoms with Gasteiger partial charge in [-0.15, -0.1) is 11.3 Å². The largest absolute Gasteiger partial charge is 0.464 e. The predicted molar refractivity (Wildman–Crippen MR) is 140 cm³/mol. The van der Waals surface area contributed by atoms with Crippen LogP contribution in [-0.4, -0.2) is 53.4 Å². The monoisotopic (exact) mass is 511 g/mol. The normalized spacial score (nSPS) is 20.0. The molecule has 1 aromatic carbocycles. The Balaban J connectivity index is 1.35. The molecule has 194 valence electrons. The number of carbonyl (C=O) groups is 3. The van der Waals surface area contributed by atoms with Crippen molar-refractivity contribution in [2.45, 2.75) is 65.8 Å². The van der Waals surface area contributed by atoms with Crippen molar-refractivity contribution in [1.29, 1.82) is 0 Å². The van der Waals surface area contributed by atoms with E-state index in [1.807, 2.05) is 35.2 Å². The van der Waals surface area contributed by atoms with Gasteiger partial charge in [-0.25, -0.2) is 9.78 Å². The molecule has 7 nitrogen and oxygen atoms in total. The molecule has 1 saturated heterocycles. The Kier molecular flexibility index (Phi) is 7.55. The Morgan fingerprint density at radius 1 is 1.11 bits per heavy atom. The van der Waals surface area contributed by atoms with Gasteiger partial charge < -0.3 is 15.0 Å². The molecule has 1 aromatic heterocycles. The van der Waals surface area contributed by atoms with Crippen LogP contribution < -0.4 is 5.32 Å². The third-order valence-corrected chi connectivity index (χ3v) is 9.34. The number of hydrogen-bond acceptors (Lipinski definition) is 6. The number of piperidine rings is 1. The summed E-state index contributed by atoms with van der Waals surface area (Å²) in [5.74, 6) is -0.251. The highest BCUT2D eigenvalue weighted by atomic mass is 32.1. The topological polar surface area (TPSA) is 88.6 Å². The SMILES string of the molecule is CCOC(=O)C(Cc1ccccc1)NC(=O)c1csc(C2CCN(C(=O)C3C(C)(C)C3(C)C)CC2)n1. The summed E-state index contributed by atoms with van der Waals surface area (Å²) in [6, 6.07) is 8.76. The van der Waals surface area contributed by atoms with E-state index in [1.54, 1.807) is 12.3 Å². The standard InChI is InChI=1S/C28H37N3O4S/c1-6-35-26(34)20(16-18-10-8-7-9-11-18)29-23(32)21-17-36-24(30-21)19-12-14-31(15-13-19)25(33)22-27(2,3)28(22,4)5/h7-11,17,19-20,22H,6,12-16H2,1-5H3,(H,29,32). The molecule has 36 heavy (non-hydrogen) atoms. The molecule has 2 aliphatic rings.